The second kappa shape index (κ2) is 13.2. The van der Waals surface area contributed by atoms with Crippen molar-refractivity contribution in [2.45, 2.75) is 25.7 Å². The van der Waals surface area contributed by atoms with Crippen molar-refractivity contribution in [2.24, 2.45) is 5.92 Å². The standard InChI is InChI=1S/C24H31ClFN5O4/c1-34-23(32)7-10-30(11-8-24(33)35-2)14-17-4-3-9-31(15-17)22-13-21(27-16-28-22)29-18-5-6-20(26)19(25)12-18/h5-6,12-13,16-17H,3-4,7-11,14-15H2,1-2H3,(H,27,28,29). The lowest BCUT2D eigenvalue weighted by molar-refractivity contribution is -0.141. The van der Waals surface area contributed by atoms with Crippen molar-refractivity contribution < 1.29 is 23.5 Å². The molecule has 0 radical (unpaired) electrons. The Morgan fingerprint density at radius 1 is 1.17 bits per heavy atom. The molecular weight excluding hydrogens is 477 g/mol. The van der Waals surface area contributed by atoms with Crippen LogP contribution in [0.25, 0.3) is 0 Å². The highest BCUT2D eigenvalue weighted by atomic mass is 35.5. The highest BCUT2D eigenvalue weighted by molar-refractivity contribution is 6.31. The Kier molecular flexibility index (Phi) is 10.0. The van der Waals surface area contributed by atoms with Crippen LogP contribution in [0, 0.1) is 11.7 Å². The van der Waals surface area contributed by atoms with Crippen LogP contribution in [-0.2, 0) is 19.1 Å². The minimum absolute atomic E-state index is 0.0344. The third kappa shape index (κ3) is 8.32. The minimum atomic E-state index is -0.479. The molecule has 1 saturated heterocycles. The van der Waals surface area contributed by atoms with Gasteiger partial charge in [-0.3, -0.25) is 9.59 Å². The number of ether oxygens (including phenoxy) is 2. The van der Waals surface area contributed by atoms with Gasteiger partial charge in [0.1, 0.15) is 23.8 Å². The van der Waals surface area contributed by atoms with Crippen molar-refractivity contribution in [3.05, 3.63) is 41.4 Å². The van der Waals surface area contributed by atoms with Crippen LogP contribution in [0.3, 0.4) is 0 Å². The van der Waals surface area contributed by atoms with Crippen LogP contribution in [0.5, 0.6) is 0 Å². The molecule has 3 rings (SSSR count). The Morgan fingerprint density at radius 3 is 2.54 bits per heavy atom. The molecule has 1 unspecified atom stereocenters. The van der Waals surface area contributed by atoms with Crippen molar-refractivity contribution in [1.29, 1.82) is 0 Å². The summed E-state index contributed by atoms with van der Waals surface area (Å²) in [6.07, 6.45) is 4.05. The first-order chi connectivity index (χ1) is 16.9. The first kappa shape index (κ1) is 26.6. The van der Waals surface area contributed by atoms with E-state index < -0.39 is 5.82 Å². The number of nitrogens with zero attached hydrogens (tertiary/aromatic N) is 4. The predicted molar refractivity (Wildman–Crippen MR) is 131 cm³/mol. The van der Waals surface area contributed by atoms with Crippen LogP contribution in [0.15, 0.2) is 30.6 Å². The molecule has 2 heterocycles. The third-order valence-electron chi connectivity index (χ3n) is 5.92. The molecule has 1 aromatic heterocycles. The predicted octanol–water partition coefficient (Wildman–Crippen LogP) is 3.66. The average molecular weight is 508 g/mol. The van der Waals surface area contributed by atoms with Crippen molar-refractivity contribution in [3.8, 4) is 0 Å². The van der Waals surface area contributed by atoms with Gasteiger partial charge in [-0.05, 0) is 37.0 Å². The number of hydrogen-bond acceptors (Lipinski definition) is 9. The molecular formula is C24H31ClFN5O4. The summed E-state index contributed by atoms with van der Waals surface area (Å²) in [5, 5.41) is 3.17. The second-order valence-corrected chi connectivity index (χ2v) is 8.83. The zero-order chi connectivity index (χ0) is 25.2. The number of carbonyl (C=O) groups excluding carboxylic acids is 2. The number of benzene rings is 1. The van der Waals surface area contributed by atoms with Gasteiger partial charge in [-0.2, -0.15) is 0 Å². The average Bonchev–Trinajstić information content (AvgIpc) is 2.87. The van der Waals surface area contributed by atoms with E-state index in [1.54, 1.807) is 6.07 Å². The Morgan fingerprint density at radius 2 is 1.89 bits per heavy atom. The molecule has 190 valence electrons. The van der Waals surface area contributed by atoms with Gasteiger partial charge in [0, 0.05) is 44.5 Å². The molecule has 1 atom stereocenters. The van der Waals surface area contributed by atoms with Crippen molar-refractivity contribution in [3.63, 3.8) is 0 Å². The maximum absolute atomic E-state index is 13.4. The summed E-state index contributed by atoms with van der Waals surface area (Å²) in [6, 6.07) is 6.25. The number of esters is 2. The van der Waals surface area contributed by atoms with Gasteiger partial charge in [0.15, 0.2) is 0 Å². The van der Waals surface area contributed by atoms with Gasteiger partial charge in [0.05, 0.1) is 32.1 Å². The maximum Gasteiger partial charge on any atom is 0.306 e. The lowest BCUT2D eigenvalue weighted by Crippen LogP contribution is -2.42. The highest BCUT2D eigenvalue weighted by Crippen LogP contribution is 2.26. The number of rotatable bonds is 11. The summed E-state index contributed by atoms with van der Waals surface area (Å²) < 4.78 is 23.0. The fourth-order valence-corrected chi connectivity index (χ4v) is 4.28. The Hall–Kier alpha value is -2.98. The Bertz CT molecular complexity index is 992. The number of hydrogen-bond donors (Lipinski definition) is 1. The van der Waals surface area contributed by atoms with Crippen LogP contribution >= 0.6 is 11.6 Å². The Balaban J connectivity index is 1.63. The monoisotopic (exact) mass is 507 g/mol. The molecule has 0 spiro atoms. The summed E-state index contributed by atoms with van der Waals surface area (Å²) in [4.78, 5) is 36.3. The van der Waals surface area contributed by atoms with Crippen molar-refractivity contribution in [2.75, 3.05) is 57.2 Å². The Labute approximate surface area is 209 Å². The normalized spacial score (nSPS) is 15.7. The molecule has 0 bridgehead atoms. The number of carbonyl (C=O) groups is 2. The van der Waals surface area contributed by atoms with Gasteiger partial charge >= 0.3 is 11.9 Å². The largest absolute Gasteiger partial charge is 0.469 e. The molecule has 0 aliphatic carbocycles. The molecule has 1 aromatic carbocycles. The number of nitrogens with one attached hydrogen (secondary N) is 1. The van der Waals surface area contributed by atoms with Gasteiger partial charge < -0.3 is 24.6 Å². The molecule has 11 heteroatoms. The van der Waals surface area contributed by atoms with E-state index in [9.17, 15) is 14.0 Å². The molecule has 9 nitrogen and oxygen atoms in total. The van der Waals surface area contributed by atoms with Gasteiger partial charge in [-0.1, -0.05) is 11.6 Å². The fraction of sp³-hybridized carbons (Fsp3) is 0.500. The zero-order valence-electron chi connectivity index (χ0n) is 20.0. The third-order valence-corrected chi connectivity index (χ3v) is 6.21. The van der Waals surface area contributed by atoms with Crippen LogP contribution in [0.2, 0.25) is 5.02 Å². The van der Waals surface area contributed by atoms with Gasteiger partial charge in [-0.15, -0.1) is 0 Å². The molecule has 0 saturated carbocycles. The smallest absolute Gasteiger partial charge is 0.306 e. The number of halogens is 2. The first-order valence-corrected chi connectivity index (χ1v) is 11.9. The van der Waals surface area contributed by atoms with Crippen molar-refractivity contribution >= 4 is 40.9 Å². The van der Waals surface area contributed by atoms with E-state index >= 15 is 0 Å². The number of piperidine rings is 1. The maximum atomic E-state index is 13.4. The lowest BCUT2D eigenvalue weighted by atomic mass is 9.97. The molecule has 35 heavy (non-hydrogen) atoms. The van der Waals surface area contributed by atoms with Crippen LogP contribution in [0.1, 0.15) is 25.7 Å². The summed E-state index contributed by atoms with van der Waals surface area (Å²) in [5.41, 5.74) is 0.629. The molecule has 1 N–H and O–H groups in total. The summed E-state index contributed by atoms with van der Waals surface area (Å²) in [7, 11) is 2.74. The molecule has 1 aliphatic rings. The summed E-state index contributed by atoms with van der Waals surface area (Å²) in [5.74, 6) is 0.672. The highest BCUT2D eigenvalue weighted by Gasteiger charge is 2.24. The lowest BCUT2D eigenvalue weighted by Gasteiger charge is -2.36. The first-order valence-electron chi connectivity index (χ1n) is 11.5. The fourth-order valence-electron chi connectivity index (χ4n) is 4.09. The van der Waals surface area contributed by atoms with E-state index in [-0.39, 0.29) is 29.8 Å². The minimum Gasteiger partial charge on any atom is -0.469 e. The van der Waals surface area contributed by atoms with E-state index in [0.717, 1.165) is 38.3 Å². The molecule has 1 fully saturated rings. The van der Waals surface area contributed by atoms with E-state index in [4.69, 9.17) is 21.1 Å². The van der Waals surface area contributed by atoms with E-state index in [1.807, 2.05) is 6.07 Å². The summed E-state index contributed by atoms with van der Waals surface area (Å²) >= 11 is 5.88. The topological polar surface area (TPSA) is 96.9 Å². The second-order valence-electron chi connectivity index (χ2n) is 8.42. The van der Waals surface area contributed by atoms with Gasteiger partial charge in [0.2, 0.25) is 0 Å². The number of methoxy groups -OCH3 is 2. The molecule has 2 aromatic rings. The number of aromatic nitrogens is 2. The van der Waals surface area contributed by atoms with Crippen molar-refractivity contribution in [1.82, 2.24) is 14.9 Å². The SMILES string of the molecule is COC(=O)CCN(CCC(=O)OC)CC1CCCN(c2cc(Nc3ccc(F)c(Cl)c3)ncn2)C1. The van der Waals surface area contributed by atoms with E-state index in [2.05, 4.69) is 25.1 Å². The van der Waals surface area contributed by atoms with Gasteiger partial charge in [0.25, 0.3) is 0 Å². The quantitative estimate of drug-likeness (QED) is 0.457. The summed E-state index contributed by atoms with van der Waals surface area (Å²) in [6.45, 7) is 3.42. The van der Waals surface area contributed by atoms with Crippen LogP contribution in [-0.4, -0.2) is 73.7 Å². The van der Waals surface area contributed by atoms with E-state index in [1.165, 1.54) is 32.7 Å². The van der Waals surface area contributed by atoms with Gasteiger partial charge in [-0.25, -0.2) is 14.4 Å². The molecule has 0 amide bonds. The van der Waals surface area contributed by atoms with Crippen LogP contribution < -0.4 is 10.2 Å². The molecule has 1 aliphatic heterocycles. The number of anilines is 3. The zero-order valence-corrected chi connectivity index (χ0v) is 20.8. The van der Waals surface area contributed by atoms with Crippen LogP contribution in [0.4, 0.5) is 21.7 Å². The van der Waals surface area contributed by atoms with E-state index in [0.29, 0.717) is 30.5 Å².